The molecule has 0 spiro atoms. The van der Waals surface area contributed by atoms with Crippen LogP contribution >= 0.6 is 15.9 Å². The molecule has 22 heavy (non-hydrogen) atoms. The molecular formula is C17H18BrN3O. The molecule has 0 saturated carbocycles. The van der Waals surface area contributed by atoms with E-state index in [2.05, 4.69) is 26.2 Å². The fourth-order valence-corrected chi connectivity index (χ4v) is 3.22. The number of nitrogens with one attached hydrogen (secondary N) is 1. The van der Waals surface area contributed by atoms with Crippen molar-refractivity contribution in [1.29, 1.82) is 0 Å². The normalized spacial score (nSPS) is 17.5. The Kier molecular flexibility index (Phi) is 4.43. The molecule has 5 heteroatoms. The minimum Gasteiger partial charge on any atom is -0.317 e. The van der Waals surface area contributed by atoms with Gasteiger partial charge in [-0.1, -0.05) is 22.0 Å². The first kappa shape index (κ1) is 15.0. The number of carbonyl (C=O) groups excluding carboxylic acids is 1. The summed E-state index contributed by atoms with van der Waals surface area (Å²) in [6, 6.07) is 9.97. The van der Waals surface area contributed by atoms with Gasteiger partial charge in [0.2, 0.25) is 0 Å². The second kappa shape index (κ2) is 6.48. The fraction of sp³-hybridized carbons (Fsp3) is 0.294. The number of halogens is 1. The Morgan fingerprint density at radius 3 is 2.86 bits per heavy atom. The number of urea groups is 1. The molecule has 2 amide bonds. The zero-order valence-electron chi connectivity index (χ0n) is 12.4. The molecule has 2 aromatic rings. The van der Waals surface area contributed by atoms with Gasteiger partial charge in [-0.25, -0.2) is 4.79 Å². The maximum atomic E-state index is 12.6. The van der Waals surface area contributed by atoms with Gasteiger partial charge in [0.05, 0.1) is 6.04 Å². The number of anilines is 1. The molecule has 0 aliphatic carbocycles. The molecule has 1 aromatic heterocycles. The standard InChI is InChI=1S/C17H18BrN3O/c1-12-4-5-14(18)11-15(12)20-17(22)21-10-2-3-16(21)13-6-8-19-9-7-13/h4-9,11,16H,2-3,10H2,1H3,(H,20,22)/t16-/m0/s1. The van der Waals surface area contributed by atoms with Crippen molar-refractivity contribution >= 4 is 27.6 Å². The minimum atomic E-state index is -0.0412. The lowest BCUT2D eigenvalue weighted by atomic mass is 10.1. The van der Waals surface area contributed by atoms with Gasteiger partial charge in [-0.05, 0) is 55.2 Å². The molecule has 1 aliphatic rings. The minimum absolute atomic E-state index is 0.0412. The van der Waals surface area contributed by atoms with Gasteiger partial charge in [0.25, 0.3) is 0 Å². The van der Waals surface area contributed by atoms with E-state index >= 15 is 0 Å². The van der Waals surface area contributed by atoms with Gasteiger partial charge in [0, 0.05) is 29.1 Å². The highest BCUT2D eigenvalue weighted by Crippen LogP contribution is 2.32. The second-order valence-corrected chi connectivity index (χ2v) is 6.44. The number of aryl methyl sites for hydroxylation is 1. The Hall–Kier alpha value is -1.88. The molecule has 114 valence electrons. The summed E-state index contributed by atoms with van der Waals surface area (Å²) in [5, 5.41) is 3.03. The molecule has 2 heterocycles. The Balaban J connectivity index is 1.78. The van der Waals surface area contributed by atoms with Crippen molar-refractivity contribution in [1.82, 2.24) is 9.88 Å². The molecule has 3 rings (SSSR count). The molecule has 0 unspecified atom stereocenters. The first-order valence-corrected chi connectivity index (χ1v) is 8.18. The summed E-state index contributed by atoms with van der Waals surface area (Å²) in [5.74, 6) is 0. The van der Waals surface area contributed by atoms with Crippen LogP contribution in [0.2, 0.25) is 0 Å². The van der Waals surface area contributed by atoms with E-state index in [1.165, 1.54) is 0 Å². The van der Waals surface area contributed by atoms with Gasteiger partial charge in [-0.2, -0.15) is 0 Å². The van der Waals surface area contributed by atoms with Crippen molar-refractivity contribution in [2.45, 2.75) is 25.8 Å². The lowest BCUT2D eigenvalue weighted by Gasteiger charge is -2.25. The van der Waals surface area contributed by atoms with E-state index in [1.54, 1.807) is 12.4 Å². The van der Waals surface area contributed by atoms with E-state index in [4.69, 9.17) is 0 Å². The number of likely N-dealkylation sites (tertiary alicyclic amines) is 1. The number of benzene rings is 1. The number of hydrogen-bond donors (Lipinski definition) is 1. The van der Waals surface area contributed by atoms with Crippen LogP contribution in [0.4, 0.5) is 10.5 Å². The van der Waals surface area contributed by atoms with Crippen LogP contribution in [-0.2, 0) is 0 Å². The summed E-state index contributed by atoms with van der Waals surface area (Å²) in [5.41, 5.74) is 3.05. The Bertz CT molecular complexity index is 675. The van der Waals surface area contributed by atoms with E-state index in [1.807, 2.05) is 42.2 Å². The zero-order chi connectivity index (χ0) is 15.5. The number of hydrogen-bond acceptors (Lipinski definition) is 2. The van der Waals surface area contributed by atoms with Crippen LogP contribution in [0, 0.1) is 6.92 Å². The van der Waals surface area contributed by atoms with E-state index in [-0.39, 0.29) is 12.1 Å². The highest BCUT2D eigenvalue weighted by molar-refractivity contribution is 9.10. The summed E-state index contributed by atoms with van der Waals surface area (Å²) in [6.45, 7) is 2.78. The van der Waals surface area contributed by atoms with E-state index in [0.29, 0.717) is 0 Å². The SMILES string of the molecule is Cc1ccc(Br)cc1NC(=O)N1CCC[C@H]1c1ccncc1. The average molecular weight is 360 g/mol. The van der Waals surface area contributed by atoms with Gasteiger partial charge in [-0.3, -0.25) is 4.98 Å². The zero-order valence-corrected chi connectivity index (χ0v) is 14.0. The summed E-state index contributed by atoms with van der Waals surface area (Å²) < 4.78 is 0.959. The molecule has 0 radical (unpaired) electrons. The molecule has 1 saturated heterocycles. The smallest absolute Gasteiger partial charge is 0.317 e. The molecule has 1 fully saturated rings. The van der Waals surface area contributed by atoms with Crippen LogP contribution in [-0.4, -0.2) is 22.5 Å². The van der Waals surface area contributed by atoms with Crippen molar-refractivity contribution in [2.75, 3.05) is 11.9 Å². The first-order valence-electron chi connectivity index (χ1n) is 7.39. The lowest BCUT2D eigenvalue weighted by molar-refractivity contribution is 0.207. The van der Waals surface area contributed by atoms with Crippen LogP contribution in [0.1, 0.15) is 30.0 Å². The second-order valence-electron chi connectivity index (χ2n) is 5.52. The quantitative estimate of drug-likeness (QED) is 0.856. The summed E-state index contributed by atoms with van der Waals surface area (Å²) in [4.78, 5) is 18.6. The summed E-state index contributed by atoms with van der Waals surface area (Å²) >= 11 is 3.45. The van der Waals surface area contributed by atoms with E-state index in [9.17, 15) is 4.79 Å². The lowest BCUT2D eigenvalue weighted by Crippen LogP contribution is -2.34. The third-order valence-electron chi connectivity index (χ3n) is 4.05. The predicted molar refractivity (Wildman–Crippen MR) is 90.8 cm³/mol. The average Bonchev–Trinajstić information content (AvgIpc) is 3.01. The Labute approximate surface area is 138 Å². The third-order valence-corrected chi connectivity index (χ3v) is 4.54. The molecule has 1 atom stereocenters. The molecule has 0 bridgehead atoms. The van der Waals surface area contributed by atoms with Crippen molar-refractivity contribution in [3.05, 3.63) is 58.3 Å². The topological polar surface area (TPSA) is 45.2 Å². The molecule has 1 aliphatic heterocycles. The van der Waals surface area contributed by atoms with Crippen LogP contribution in [0.3, 0.4) is 0 Å². The number of carbonyl (C=O) groups is 1. The van der Waals surface area contributed by atoms with E-state index in [0.717, 1.165) is 40.7 Å². The van der Waals surface area contributed by atoms with Crippen molar-refractivity contribution in [3.63, 3.8) is 0 Å². The Morgan fingerprint density at radius 2 is 2.09 bits per heavy atom. The number of nitrogens with zero attached hydrogens (tertiary/aromatic N) is 2. The van der Waals surface area contributed by atoms with Crippen molar-refractivity contribution < 1.29 is 4.79 Å². The van der Waals surface area contributed by atoms with Gasteiger partial charge in [0.1, 0.15) is 0 Å². The highest BCUT2D eigenvalue weighted by atomic mass is 79.9. The predicted octanol–water partition coefficient (Wildman–Crippen LogP) is 4.52. The first-order chi connectivity index (χ1) is 10.6. The molecular weight excluding hydrogens is 342 g/mol. The number of amides is 2. The largest absolute Gasteiger partial charge is 0.322 e. The third kappa shape index (κ3) is 3.14. The summed E-state index contributed by atoms with van der Waals surface area (Å²) in [6.07, 6.45) is 5.58. The number of rotatable bonds is 2. The molecule has 1 aromatic carbocycles. The van der Waals surface area contributed by atoms with Gasteiger partial charge in [0.15, 0.2) is 0 Å². The van der Waals surface area contributed by atoms with Crippen LogP contribution in [0.15, 0.2) is 47.2 Å². The molecule has 4 nitrogen and oxygen atoms in total. The number of pyridine rings is 1. The van der Waals surface area contributed by atoms with E-state index < -0.39 is 0 Å². The summed E-state index contributed by atoms with van der Waals surface area (Å²) in [7, 11) is 0. The highest BCUT2D eigenvalue weighted by Gasteiger charge is 2.30. The maximum Gasteiger partial charge on any atom is 0.322 e. The van der Waals surface area contributed by atoms with Crippen LogP contribution in [0.5, 0.6) is 0 Å². The molecule has 1 N–H and O–H groups in total. The van der Waals surface area contributed by atoms with Crippen LogP contribution in [0.25, 0.3) is 0 Å². The van der Waals surface area contributed by atoms with Gasteiger partial charge in [-0.15, -0.1) is 0 Å². The Morgan fingerprint density at radius 1 is 1.32 bits per heavy atom. The van der Waals surface area contributed by atoms with Gasteiger partial charge >= 0.3 is 6.03 Å². The monoisotopic (exact) mass is 359 g/mol. The van der Waals surface area contributed by atoms with Gasteiger partial charge < -0.3 is 10.2 Å². The maximum absolute atomic E-state index is 12.6. The fourth-order valence-electron chi connectivity index (χ4n) is 2.86. The van der Waals surface area contributed by atoms with Crippen molar-refractivity contribution in [2.24, 2.45) is 0 Å². The van der Waals surface area contributed by atoms with Crippen LogP contribution < -0.4 is 5.32 Å². The van der Waals surface area contributed by atoms with Crippen molar-refractivity contribution in [3.8, 4) is 0 Å². The number of aromatic nitrogens is 1.